The van der Waals surface area contributed by atoms with Crippen molar-refractivity contribution in [1.82, 2.24) is 10.2 Å². The fraction of sp³-hybridized carbons (Fsp3) is 0.833. The summed E-state index contributed by atoms with van der Waals surface area (Å²) >= 11 is 0. The molecule has 0 radical (unpaired) electrons. The molecule has 0 heterocycles. The van der Waals surface area contributed by atoms with Crippen LogP contribution in [0.5, 0.6) is 0 Å². The zero-order valence-electron chi connectivity index (χ0n) is 11.0. The first kappa shape index (κ1) is 13.8. The van der Waals surface area contributed by atoms with Gasteiger partial charge in [0.05, 0.1) is 0 Å². The number of hydrogen-bond donors (Lipinski definition) is 2. The molecule has 0 aliphatic heterocycles. The molecule has 1 aliphatic carbocycles. The van der Waals surface area contributed by atoms with Gasteiger partial charge in [-0.1, -0.05) is 6.92 Å². The topological polar surface area (TPSA) is 69.6 Å². The molecule has 1 fully saturated rings. The van der Waals surface area contributed by atoms with Crippen LogP contribution in [0.4, 0.5) is 4.79 Å². The Bertz CT molecular complexity index is 315. The molecule has 1 saturated carbocycles. The number of nitrogens with one attached hydrogen (secondary N) is 1. The number of carboxylic acids is 1. The van der Waals surface area contributed by atoms with Crippen LogP contribution in [-0.4, -0.2) is 40.6 Å². The molecule has 0 aromatic rings. The molecule has 5 heteroatoms. The third kappa shape index (κ3) is 3.11. The smallest absolute Gasteiger partial charge is 0.329 e. The summed E-state index contributed by atoms with van der Waals surface area (Å²) in [6.45, 7) is 5.28. The molecule has 5 nitrogen and oxygen atoms in total. The fourth-order valence-electron chi connectivity index (χ4n) is 1.70. The molecule has 1 aliphatic rings. The third-order valence-corrected chi connectivity index (χ3v) is 3.80. The Morgan fingerprint density at radius 1 is 1.53 bits per heavy atom. The number of carboxylic acid groups (broad SMARTS) is 1. The van der Waals surface area contributed by atoms with Gasteiger partial charge in [0.1, 0.15) is 5.54 Å². The van der Waals surface area contributed by atoms with Gasteiger partial charge in [-0.25, -0.2) is 9.59 Å². The van der Waals surface area contributed by atoms with Crippen molar-refractivity contribution in [2.75, 3.05) is 7.05 Å². The van der Waals surface area contributed by atoms with Crippen LogP contribution in [0.25, 0.3) is 0 Å². The first-order valence-electron chi connectivity index (χ1n) is 6.10. The van der Waals surface area contributed by atoms with Gasteiger partial charge < -0.3 is 15.3 Å². The maximum atomic E-state index is 11.9. The van der Waals surface area contributed by atoms with Gasteiger partial charge in [-0.05, 0) is 39.0 Å². The number of carbonyl (C=O) groups is 2. The maximum Gasteiger partial charge on any atom is 0.329 e. The van der Waals surface area contributed by atoms with Crippen molar-refractivity contribution in [2.45, 2.75) is 51.6 Å². The second-order valence-corrected chi connectivity index (χ2v) is 5.11. The van der Waals surface area contributed by atoms with E-state index in [2.05, 4.69) is 5.32 Å². The Morgan fingerprint density at radius 3 is 2.41 bits per heavy atom. The lowest BCUT2D eigenvalue weighted by atomic mass is 9.99. The molecular weight excluding hydrogens is 220 g/mol. The molecule has 0 spiro atoms. The maximum absolute atomic E-state index is 11.9. The number of nitrogens with zero attached hydrogens (tertiary/aromatic N) is 1. The van der Waals surface area contributed by atoms with Gasteiger partial charge in [0.25, 0.3) is 0 Å². The molecule has 0 saturated heterocycles. The molecule has 1 rings (SSSR count). The van der Waals surface area contributed by atoms with Gasteiger partial charge in [-0.15, -0.1) is 0 Å². The molecule has 0 aromatic heterocycles. The normalized spacial score (nSPS) is 20.2. The van der Waals surface area contributed by atoms with E-state index < -0.39 is 11.5 Å². The Hall–Kier alpha value is -1.26. The van der Waals surface area contributed by atoms with Crippen LogP contribution >= 0.6 is 0 Å². The van der Waals surface area contributed by atoms with Crippen molar-refractivity contribution in [3.05, 3.63) is 0 Å². The van der Waals surface area contributed by atoms with Crippen LogP contribution in [0.3, 0.4) is 0 Å². The molecule has 98 valence electrons. The Morgan fingerprint density at radius 2 is 2.06 bits per heavy atom. The van der Waals surface area contributed by atoms with E-state index in [-0.39, 0.29) is 12.1 Å². The first-order valence-corrected chi connectivity index (χ1v) is 6.10. The lowest BCUT2D eigenvalue weighted by Gasteiger charge is -2.31. The predicted octanol–water partition coefficient (Wildman–Crippen LogP) is 1.68. The lowest BCUT2D eigenvalue weighted by molar-refractivity contribution is -0.143. The van der Waals surface area contributed by atoms with E-state index in [4.69, 9.17) is 5.11 Å². The van der Waals surface area contributed by atoms with Crippen molar-refractivity contribution in [1.29, 1.82) is 0 Å². The van der Waals surface area contributed by atoms with E-state index >= 15 is 0 Å². The highest BCUT2D eigenvalue weighted by atomic mass is 16.4. The Kier molecular flexibility index (Phi) is 4.01. The van der Waals surface area contributed by atoms with E-state index in [1.807, 2.05) is 6.92 Å². The Labute approximate surface area is 102 Å². The van der Waals surface area contributed by atoms with Gasteiger partial charge in [-0.3, -0.25) is 0 Å². The summed E-state index contributed by atoms with van der Waals surface area (Å²) < 4.78 is 0. The second-order valence-electron chi connectivity index (χ2n) is 5.11. The summed E-state index contributed by atoms with van der Waals surface area (Å²) in [5.41, 5.74) is -1.19. The van der Waals surface area contributed by atoms with Gasteiger partial charge in [-0.2, -0.15) is 0 Å². The largest absolute Gasteiger partial charge is 0.480 e. The number of rotatable bonds is 5. The molecule has 0 aromatic carbocycles. The average molecular weight is 242 g/mol. The fourth-order valence-corrected chi connectivity index (χ4v) is 1.70. The van der Waals surface area contributed by atoms with Crippen LogP contribution in [-0.2, 0) is 4.79 Å². The van der Waals surface area contributed by atoms with E-state index in [0.717, 1.165) is 12.8 Å². The zero-order chi connectivity index (χ0) is 13.2. The molecule has 2 N–H and O–H groups in total. The summed E-state index contributed by atoms with van der Waals surface area (Å²) in [7, 11) is 1.72. The summed E-state index contributed by atoms with van der Waals surface area (Å²) in [5, 5.41) is 11.7. The summed E-state index contributed by atoms with van der Waals surface area (Å²) in [4.78, 5) is 24.6. The first-order chi connectivity index (χ1) is 7.81. The van der Waals surface area contributed by atoms with E-state index in [1.165, 1.54) is 6.92 Å². The molecule has 0 bridgehead atoms. The minimum Gasteiger partial charge on any atom is -0.480 e. The number of amides is 2. The van der Waals surface area contributed by atoms with Crippen molar-refractivity contribution >= 4 is 12.0 Å². The van der Waals surface area contributed by atoms with Crippen LogP contribution in [0.15, 0.2) is 0 Å². The molecule has 2 unspecified atom stereocenters. The van der Waals surface area contributed by atoms with Gasteiger partial charge in [0, 0.05) is 13.1 Å². The van der Waals surface area contributed by atoms with E-state index in [0.29, 0.717) is 12.3 Å². The minimum absolute atomic E-state index is 0.171. The van der Waals surface area contributed by atoms with Crippen LogP contribution in [0, 0.1) is 5.92 Å². The standard InChI is InChI=1S/C12H22N2O3/c1-5-12(3,10(15)16)13-11(17)14(4)8(2)9-6-7-9/h8-9H,5-7H2,1-4H3,(H,13,17)(H,15,16). The number of urea groups is 1. The van der Waals surface area contributed by atoms with Crippen molar-refractivity contribution < 1.29 is 14.7 Å². The monoisotopic (exact) mass is 242 g/mol. The highest BCUT2D eigenvalue weighted by Crippen LogP contribution is 2.34. The molecular formula is C12H22N2O3. The highest BCUT2D eigenvalue weighted by Gasteiger charge is 2.37. The minimum atomic E-state index is -1.19. The summed E-state index contributed by atoms with van der Waals surface area (Å²) in [6, 6.07) is -0.138. The van der Waals surface area contributed by atoms with E-state index in [1.54, 1.807) is 18.9 Å². The lowest BCUT2D eigenvalue weighted by Crippen LogP contribution is -2.56. The zero-order valence-corrected chi connectivity index (χ0v) is 11.0. The SMILES string of the molecule is CCC(C)(NC(=O)N(C)C(C)C1CC1)C(=O)O. The number of carbonyl (C=O) groups excluding carboxylic acids is 1. The van der Waals surface area contributed by atoms with Gasteiger partial charge in [0.15, 0.2) is 0 Å². The number of aliphatic carboxylic acids is 1. The van der Waals surface area contributed by atoms with Crippen molar-refractivity contribution in [3.8, 4) is 0 Å². The van der Waals surface area contributed by atoms with E-state index in [9.17, 15) is 9.59 Å². The second kappa shape index (κ2) is 4.94. The van der Waals surface area contributed by atoms with Gasteiger partial charge >= 0.3 is 12.0 Å². The molecule has 2 amide bonds. The Balaban J connectivity index is 2.60. The quantitative estimate of drug-likeness (QED) is 0.770. The highest BCUT2D eigenvalue weighted by molar-refractivity contribution is 5.85. The average Bonchev–Trinajstić information content (AvgIpc) is 3.10. The summed E-state index contributed by atoms with van der Waals surface area (Å²) in [6.07, 6.45) is 2.67. The van der Waals surface area contributed by atoms with Crippen LogP contribution < -0.4 is 5.32 Å². The van der Waals surface area contributed by atoms with Crippen molar-refractivity contribution in [3.63, 3.8) is 0 Å². The van der Waals surface area contributed by atoms with Crippen molar-refractivity contribution in [2.24, 2.45) is 5.92 Å². The number of hydrogen-bond acceptors (Lipinski definition) is 2. The predicted molar refractivity (Wildman–Crippen MR) is 64.8 cm³/mol. The molecule has 2 atom stereocenters. The van der Waals surface area contributed by atoms with Gasteiger partial charge in [0.2, 0.25) is 0 Å². The van der Waals surface area contributed by atoms with Crippen LogP contribution in [0.2, 0.25) is 0 Å². The van der Waals surface area contributed by atoms with Crippen LogP contribution in [0.1, 0.15) is 40.0 Å². The third-order valence-electron chi connectivity index (χ3n) is 3.80. The molecule has 17 heavy (non-hydrogen) atoms. The summed E-state index contributed by atoms with van der Waals surface area (Å²) in [5.74, 6) is -0.427.